The third-order valence-corrected chi connectivity index (χ3v) is 3.94. The minimum Gasteiger partial charge on any atom is -0.368 e. The van der Waals surface area contributed by atoms with Gasteiger partial charge in [0.1, 0.15) is 0 Å². The van der Waals surface area contributed by atoms with E-state index in [1.165, 1.54) is 4.88 Å². The molecule has 2 aromatic rings. The van der Waals surface area contributed by atoms with Gasteiger partial charge in [-0.15, -0.1) is 11.3 Å². The Morgan fingerprint density at radius 1 is 1.25 bits per heavy atom. The first-order valence-corrected chi connectivity index (χ1v) is 7.26. The summed E-state index contributed by atoms with van der Waals surface area (Å²) >= 11 is 1.75. The number of hydrogen-bond donors (Lipinski definition) is 1. The molecule has 0 amide bonds. The summed E-state index contributed by atoms with van der Waals surface area (Å²) in [5, 5.41) is 2.08. The molecular weight excluding hydrogens is 272 g/mol. The van der Waals surface area contributed by atoms with Gasteiger partial charge < -0.3 is 10.6 Å². The molecule has 0 aliphatic heterocycles. The number of nitrogens with zero attached hydrogens (tertiary/aromatic N) is 5. The standard InChI is InChI=1S/C13H20N6S/c1-9(19(4)8-10-6-5-7-20-10)11-15-12(14)17-13(16-11)18(2)3/h5-7,9H,8H2,1-4H3,(H2,14,15,16,17)/t9-/m0/s1. The monoisotopic (exact) mass is 292 g/mol. The average molecular weight is 292 g/mol. The fourth-order valence-electron chi connectivity index (χ4n) is 1.77. The lowest BCUT2D eigenvalue weighted by molar-refractivity contribution is 0.246. The van der Waals surface area contributed by atoms with Gasteiger partial charge in [-0.2, -0.15) is 15.0 Å². The normalized spacial score (nSPS) is 12.7. The number of nitrogen functional groups attached to an aromatic ring is 1. The number of nitrogens with two attached hydrogens (primary N) is 1. The molecule has 108 valence electrons. The van der Waals surface area contributed by atoms with Crippen LogP contribution < -0.4 is 10.6 Å². The first-order valence-electron chi connectivity index (χ1n) is 6.38. The number of anilines is 2. The Morgan fingerprint density at radius 3 is 2.60 bits per heavy atom. The second-order valence-electron chi connectivity index (χ2n) is 4.92. The Bertz CT molecular complexity index is 554. The molecule has 0 spiro atoms. The zero-order valence-corrected chi connectivity index (χ0v) is 13.1. The number of hydrogen-bond acceptors (Lipinski definition) is 7. The lowest BCUT2D eigenvalue weighted by atomic mass is 10.2. The third kappa shape index (κ3) is 3.43. The molecule has 0 aliphatic carbocycles. The molecule has 0 aromatic carbocycles. The van der Waals surface area contributed by atoms with E-state index in [2.05, 4.69) is 51.3 Å². The maximum atomic E-state index is 5.77. The second kappa shape index (κ2) is 6.15. The van der Waals surface area contributed by atoms with Crippen molar-refractivity contribution in [3.63, 3.8) is 0 Å². The van der Waals surface area contributed by atoms with Gasteiger partial charge in [0.25, 0.3) is 0 Å². The van der Waals surface area contributed by atoms with Crippen LogP contribution in [0.4, 0.5) is 11.9 Å². The van der Waals surface area contributed by atoms with Gasteiger partial charge in [-0.3, -0.25) is 4.90 Å². The van der Waals surface area contributed by atoms with Crippen LogP contribution in [0.3, 0.4) is 0 Å². The Labute approximate surface area is 123 Å². The summed E-state index contributed by atoms with van der Waals surface area (Å²) in [5.74, 6) is 1.54. The molecular formula is C13H20N6S. The Balaban J connectivity index is 2.17. The fraction of sp³-hybridized carbons (Fsp3) is 0.462. The van der Waals surface area contributed by atoms with Crippen molar-refractivity contribution in [2.75, 3.05) is 31.8 Å². The molecule has 2 aromatic heterocycles. The van der Waals surface area contributed by atoms with Gasteiger partial charge in [0, 0.05) is 25.5 Å². The van der Waals surface area contributed by atoms with E-state index < -0.39 is 0 Å². The summed E-state index contributed by atoms with van der Waals surface area (Å²) in [6, 6.07) is 4.26. The molecule has 0 radical (unpaired) electrons. The van der Waals surface area contributed by atoms with E-state index in [1.54, 1.807) is 11.3 Å². The van der Waals surface area contributed by atoms with Gasteiger partial charge in [-0.05, 0) is 25.4 Å². The minimum absolute atomic E-state index is 0.0705. The molecule has 0 aliphatic rings. The molecule has 2 heterocycles. The topological polar surface area (TPSA) is 71.2 Å². The van der Waals surface area contributed by atoms with Crippen molar-refractivity contribution in [2.24, 2.45) is 0 Å². The Kier molecular flexibility index (Phi) is 4.51. The van der Waals surface area contributed by atoms with E-state index >= 15 is 0 Å². The van der Waals surface area contributed by atoms with Crippen molar-refractivity contribution in [1.29, 1.82) is 0 Å². The number of aromatic nitrogens is 3. The van der Waals surface area contributed by atoms with Gasteiger partial charge in [0.15, 0.2) is 5.82 Å². The van der Waals surface area contributed by atoms with Crippen molar-refractivity contribution in [3.8, 4) is 0 Å². The predicted molar refractivity (Wildman–Crippen MR) is 82.8 cm³/mol. The first kappa shape index (κ1) is 14.7. The van der Waals surface area contributed by atoms with Crippen molar-refractivity contribution in [2.45, 2.75) is 19.5 Å². The van der Waals surface area contributed by atoms with E-state index in [0.717, 1.165) is 6.54 Å². The predicted octanol–water partition coefficient (Wildman–Crippen LogP) is 1.77. The highest BCUT2D eigenvalue weighted by atomic mass is 32.1. The van der Waals surface area contributed by atoms with Crippen LogP contribution in [-0.2, 0) is 6.54 Å². The Hall–Kier alpha value is -1.73. The van der Waals surface area contributed by atoms with Crippen LogP contribution in [0, 0.1) is 0 Å². The maximum absolute atomic E-state index is 5.77. The number of rotatable bonds is 5. The lowest BCUT2D eigenvalue weighted by Gasteiger charge is -2.23. The molecule has 0 unspecified atom stereocenters. The highest BCUT2D eigenvalue weighted by Gasteiger charge is 2.17. The molecule has 0 saturated carbocycles. The van der Waals surface area contributed by atoms with Crippen LogP contribution in [0.15, 0.2) is 17.5 Å². The van der Waals surface area contributed by atoms with Crippen LogP contribution >= 0.6 is 11.3 Å². The molecule has 2 rings (SSSR count). The van der Waals surface area contributed by atoms with Crippen molar-refractivity contribution in [3.05, 3.63) is 28.2 Å². The van der Waals surface area contributed by atoms with Gasteiger partial charge in [0.05, 0.1) is 6.04 Å². The van der Waals surface area contributed by atoms with Crippen molar-refractivity contribution >= 4 is 23.2 Å². The molecule has 0 fully saturated rings. The first-order chi connectivity index (χ1) is 9.47. The van der Waals surface area contributed by atoms with Gasteiger partial charge >= 0.3 is 0 Å². The third-order valence-electron chi connectivity index (χ3n) is 3.08. The summed E-state index contributed by atoms with van der Waals surface area (Å²) in [7, 11) is 5.83. The zero-order chi connectivity index (χ0) is 14.7. The number of thiophene rings is 1. The quantitative estimate of drug-likeness (QED) is 0.905. The molecule has 0 saturated heterocycles. The van der Waals surface area contributed by atoms with Gasteiger partial charge in [-0.1, -0.05) is 6.07 Å². The fourth-order valence-corrected chi connectivity index (χ4v) is 2.53. The van der Waals surface area contributed by atoms with Crippen LogP contribution in [0.5, 0.6) is 0 Å². The summed E-state index contributed by atoms with van der Waals surface area (Å²) in [6.45, 7) is 2.93. The molecule has 2 N–H and O–H groups in total. The van der Waals surface area contributed by atoms with Crippen LogP contribution in [0.25, 0.3) is 0 Å². The lowest BCUT2D eigenvalue weighted by Crippen LogP contribution is -2.25. The van der Waals surface area contributed by atoms with Crippen LogP contribution in [-0.4, -0.2) is 41.0 Å². The highest BCUT2D eigenvalue weighted by Crippen LogP contribution is 2.21. The van der Waals surface area contributed by atoms with Gasteiger partial charge in [0.2, 0.25) is 11.9 Å². The highest BCUT2D eigenvalue weighted by molar-refractivity contribution is 7.09. The molecule has 1 atom stereocenters. The maximum Gasteiger partial charge on any atom is 0.229 e. The SMILES string of the molecule is C[C@@H](c1nc(N)nc(N(C)C)n1)N(C)Cc1cccs1. The average Bonchev–Trinajstić information content (AvgIpc) is 2.89. The second-order valence-corrected chi connectivity index (χ2v) is 5.95. The summed E-state index contributed by atoms with van der Waals surface area (Å²) in [4.78, 5) is 18.2. The van der Waals surface area contributed by atoms with Crippen molar-refractivity contribution in [1.82, 2.24) is 19.9 Å². The van der Waals surface area contributed by atoms with E-state index in [1.807, 2.05) is 19.0 Å². The summed E-state index contributed by atoms with van der Waals surface area (Å²) in [6.07, 6.45) is 0. The molecule has 20 heavy (non-hydrogen) atoms. The summed E-state index contributed by atoms with van der Waals surface area (Å²) < 4.78 is 0. The van der Waals surface area contributed by atoms with E-state index in [0.29, 0.717) is 11.8 Å². The zero-order valence-electron chi connectivity index (χ0n) is 12.2. The van der Waals surface area contributed by atoms with Crippen molar-refractivity contribution < 1.29 is 0 Å². The van der Waals surface area contributed by atoms with E-state index in [-0.39, 0.29) is 12.0 Å². The smallest absolute Gasteiger partial charge is 0.229 e. The molecule has 0 bridgehead atoms. The Morgan fingerprint density at radius 2 is 2.00 bits per heavy atom. The largest absolute Gasteiger partial charge is 0.368 e. The summed E-state index contributed by atoms with van der Waals surface area (Å²) in [5.41, 5.74) is 5.77. The minimum atomic E-state index is 0.0705. The van der Waals surface area contributed by atoms with Crippen LogP contribution in [0.1, 0.15) is 23.7 Å². The molecule has 6 nitrogen and oxygen atoms in total. The molecule has 7 heteroatoms. The van der Waals surface area contributed by atoms with Crippen LogP contribution in [0.2, 0.25) is 0 Å². The van der Waals surface area contributed by atoms with Gasteiger partial charge in [-0.25, -0.2) is 0 Å². The van der Waals surface area contributed by atoms with E-state index in [9.17, 15) is 0 Å². The van der Waals surface area contributed by atoms with E-state index in [4.69, 9.17) is 5.73 Å².